The van der Waals surface area contributed by atoms with E-state index in [2.05, 4.69) is 61.6 Å². The highest BCUT2D eigenvalue weighted by Crippen LogP contribution is 2.28. The van der Waals surface area contributed by atoms with Gasteiger partial charge < -0.3 is 14.8 Å². The first-order valence-corrected chi connectivity index (χ1v) is 10.3. The van der Waals surface area contributed by atoms with Gasteiger partial charge in [0.05, 0.1) is 6.61 Å². The summed E-state index contributed by atoms with van der Waals surface area (Å²) in [6.07, 6.45) is 0. The van der Waals surface area contributed by atoms with Crippen molar-refractivity contribution in [1.29, 1.82) is 0 Å². The molecule has 0 aromatic heterocycles. The van der Waals surface area contributed by atoms with E-state index in [0.29, 0.717) is 13.2 Å². The lowest BCUT2D eigenvalue weighted by Gasteiger charge is -2.14. The first-order valence-electron chi connectivity index (χ1n) is 10.3. The minimum Gasteiger partial charge on any atom is -0.489 e. The van der Waals surface area contributed by atoms with Crippen molar-refractivity contribution in [3.8, 4) is 16.9 Å². The highest BCUT2D eigenvalue weighted by atomic mass is 16.5. The maximum absolute atomic E-state index is 11.7. The standard InChI is InChI=1S/C26H29NO3/c1-5-29-26(28)20(4)27-23-12-14-24(15-13-23)30-17-21-10-7-11-22(16-21)25-18(2)8-6-9-19(25)3/h6-16,20,27H,5,17H2,1-4H3. The number of nitrogens with one attached hydrogen (secondary N) is 1. The average Bonchev–Trinajstić information content (AvgIpc) is 2.73. The van der Waals surface area contributed by atoms with Gasteiger partial charge >= 0.3 is 5.97 Å². The van der Waals surface area contributed by atoms with E-state index in [1.807, 2.05) is 24.3 Å². The number of carbonyl (C=O) groups excluding carboxylic acids is 1. The number of hydrogen-bond donors (Lipinski definition) is 1. The van der Waals surface area contributed by atoms with Gasteiger partial charge in [-0.15, -0.1) is 0 Å². The van der Waals surface area contributed by atoms with Crippen LogP contribution in [0, 0.1) is 13.8 Å². The summed E-state index contributed by atoms with van der Waals surface area (Å²) in [6, 6.07) is 22.1. The monoisotopic (exact) mass is 403 g/mol. The van der Waals surface area contributed by atoms with Gasteiger partial charge in [0.1, 0.15) is 18.4 Å². The van der Waals surface area contributed by atoms with Crippen molar-refractivity contribution in [1.82, 2.24) is 0 Å². The van der Waals surface area contributed by atoms with Crippen LogP contribution in [-0.4, -0.2) is 18.6 Å². The molecule has 3 aromatic rings. The normalized spacial score (nSPS) is 11.6. The molecule has 3 aromatic carbocycles. The van der Waals surface area contributed by atoms with E-state index >= 15 is 0 Å². The van der Waals surface area contributed by atoms with Crippen LogP contribution in [0.15, 0.2) is 66.7 Å². The Bertz CT molecular complexity index is 975. The predicted molar refractivity (Wildman–Crippen MR) is 122 cm³/mol. The molecule has 156 valence electrons. The maximum Gasteiger partial charge on any atom is 0.328 e. The summed E-state index contributed by atoms with van der Waals surface area (Å²) in [6.45, 7) is 8.74. The molecule has 0 bridgehead atoms. The number of esters is 1. The highest BCUT2D eigenvalue weighted by Gasteiger charge is 2.13. The summed E-state index contributed by atoms with van der Waals surface area (Å²) in [7, 11) is 0. The zero-order valence-corrected chi connectivity index (χ0v) is 18.1. The summed E-state index contributed by atoms with van der Waals surface area (Å²) >= 11 is 0. The van der Waals surface area contributed by atoms with Gasteiger partial charge in [-0.3, -0.25) is 0 Å². The predicted octanol–water partition coefficient (Wildman–Crippen LogP) is 5.91. The first kappa shape index (κ1) is 21.4. The van der Waals surface area contributed by atoms with Crippen LogP contribution < -0.4 is 10.1 Å². The molecule has 0 aliphatic rings. The molecule has 0 spiro atoms. The maximum atomic E-state index is 11.7. The lowest BCUT2D eigenvalue weighted by Crippen LogP contribution is -2.28. The SMILES string of the molecule is CCOC(=O)C(C)Nc1ccc(OCc2cccc(-c3c(C)cccc3C)c2)cc1. The fraction of sp³-hybridized carbons (Fsp3) is 0.269. The second-order valence-electron chi connectivity index (χ2n) is 7.40. The van der Waals surface area contributed by atoms with Crippen molar-refractivity contribution in [2.45, 2.75) is 40.3 Å². The van der Waals surface area contributed by atoms with Crippen LogP contribution in [0.1, 0.15) is 30.5 Å². The van der Waals surface area contributed by atoms with E-state index in [-0.39, 0.29) is 5.97 Å². The van der Waals surface area contributed by atoms with E-state index in [9.17, 15) is 4.79 Å². The quantitative estimate of drug-likeness (QED) is 0.475. The Morgan fingerprint density at radius 3 is 2.30 bits per heavy atom. The lowest BCUT2D eigenvalue weighted by atomic mass is 9.95. The van der Waals surface area contributed by atoms with Gasteiger partial charge in [-0.2, -0.15) is 0 Å². The number of benzene rings is 3. The van der Waals surface area contributed by atoms with Crippen LogP contribution in [0.2, 0.25) is 0 Å². The van der Waals surface area contributed by atoms with Crippen LogP contribution in [0.5, 0.6) is 5.75 Å². The molecule has 0 fully saturated rings. The zero-order chi connectivity index (χ0) is 21.5. The Balaban J connectivity index is 1.63. The molecule has 0 heterocycles. The second kappa shape index (κ2) is 9.97. The van der Waals surface area contributed by atoms with Crippen molar-refractivity contribution >= 4 is 11.7 Å². The van der Waals surface area contributed by atoms with Gasteiger partial charge in [0.2, 0.25) is 0 Å². The van der Waals surface area contributed by atoms with Gasteiger partial charge in [0.25, 0.3) is 0 Å². The van der Waals surface area contributed by atoms with E-state index < -0.39 is 6.04 Å². The molecule has 0 amide bonds. The number of rotatable bonds is 8. The Hall–Kier alpha value is -3.27. The second-order valence-corrected chi connectivity index (χ2v) is 7.40. The minimum atomic E-state index is -0.399. The van der Waals surface area contributed by atoms with Crippen molar-refractivity contribution in [2.24, 2.45) is 0 Å². The van der Waals surface area contributed by atoms with Crippen molar-refractivity contribution in [3.05, 3.63) is 83.4 Å². The fourth-order valence-electron chi connectivity index (χ4n) is 3.48. The molecule has 4 heteroatoms. The lowest BCUT2D eigenvalue weighted by molar-refractivity contribution is -0.143. The molecule has 1 atom stereocenters. The number of carbonyl (C=O) groups is 1. The van der Waals surface area contributed by atoms with Gasteiger partial charge in [-0.1, -0.05) is 36.4 Å². The summed E-state index contributed by atoms with van der Waals surface area (Å²) in [5.74, 6) is 0.517. The van der Waals surface area contributed by atoms with Crippen molar-refractivity contribution in [2.75, 3.05) is 11.9 Å². The minimum absolute atomic E-state index is 0.262. The topological polar surface area (TPSA) is 47.6 Å². The molecule has 0 saturated carbocycles. The Labute approximate surface area is 178 Å². The Morgan fingerprint density at radius 2 is 1.63 bits per heavy atom. The third-order valence-electron chi connectivity index (χ3n) is 4.98. The molecule has 1 N–H and O–H groups in total. The van der Waals surface area contributed by atoms with Gasteiger partial charge in [0.15, 0.2) is 0 Å². The summed E-state index contributed by atoms with van der Waals surface area (Å²) < 4.78 is 11.0. The van der Waals surface area contributed by atoms with Gasteiger partial charge in [-0.25, -0.2) is 4.79 Å². The molecular weight excluding hydrogens is 374 g/mol. The van der Waals surface area contributed by atoms with E-state index in [1.165, 1.54) is 22.3 Å². The van der Waals surface area contributed by atoms with Gasteiger partial charge in [-0.05, 0) is 85.8 Å². The largest absolute Gasteiger partial charge is 0.489 e. The number of ether oxygens (including phenoxy) is 2. The Morgan fingerprint density at radius 1 is 0.967 bits per heavy atom. The van der Waals surface area contributed by atoms with Crippen LogP contribution in [0.4, 0.5) is 5.69 Å². The van der Waals surface area contributed by atoms with E-state index in [0.717, 1.165) is 17.0 Å². The molecule has 0 aliphatic carbocycles. The summed E-state index contributed by atoms with van der Waals surface area (Å²) in [5, 5.41) is 3.13. The highest BCUT2D eigenvalue weighted by molar-refractivity contribution is 5.78. The van der Waals surface area contributed by atoms with Crippen LogP contribution in [0.25, 0.3) is 11.1 Å². The Kier molecular flexibility index (Phi) is 7.12. The van der Waals surface area contributed by atoms with Gasteiger partial charge in [0, 0.05) is 5.69 Å². The number of hydrogen-bond acceptors (Lipinski definition) is 4. The number of anilines is 1. The third kappa shape index (κ3) is 5.41. The fourth-order valence-corrected chi connectivity index (χ4v) is 3.48. The molecule has 0 aliphatic heterocycles. The third-order valence-corrected chi connectivity index (χ3v) is 4.98. The molecule has 0 saturated heterocycles. The summed E-state index contributed by atoms with van der Waals surface area (Å²) in [4.78, 5) is 11.7. The number of aryl methyl sites for hydroxylation is 2. The average molecular weight is 404 g/mol. The summed E-state index contributed by atoms with van der Waals surface area (Å²) in [5.41, 5.74) is 7.00. The first-order chi connectivity index (χ1) is 14.5. The van der Waals surface area contributed by atoms with Crippen LogP contribution >= 0.6 is 0 Å². The molecule has 0 radical (unpaired) electrons. The molecule has 3 rings (SSSR count). The molecule has 30 heavy (non-hydrogen) atoms. The van der Waals surface area contributed by atoms with E-state index in [4.69, 9.17) is 9.47 Å². The molecular formula is C26H29NO3. The zero-order valence-electron chi connectivity index (χ0n) is 18.1. The molecule has 4 nitrogen and oxygen atoms in total. The van der Waals surface area contributed by atoms with E-state index in [1.54, 1.807) is 13.8 Å². The smallest absolute Gasteiger partial charge is 0.328 e. The van der Waals surface area contributed by atoms with Crippen molar-refractivity contribution in [3.63, 3.8) is 0 Å². The molecule has 1 unspecified atom stereocenters. The van der Waals surface area contributed by atoms with Crippen LogP contribution in [0.3, 0.4) is 0 Å². The van der Waals surface area contributed by atoms with Crippen molar-refractivity contribution < 1.29 is 14.3 Å². The van der Waals surface area contributed by atoms with Crippen LogP contribution in [-0.2, 0) is 16.1 Å².